The third-order valence-corrected chi connectivity index (χ3v) is 1.84. The van der Waals surface area contributed by atoms with Gasteiger partial charge in [0.25, 0.3) is 0 Å². The lowest BCUT2D eigenvalue weighted by Crippen LogP contribution is -2.01. The van der Waals surface area contributed by atoms with E-state index in [1.54, 1.807) is 0 Å². The highest BCUT2D eigenvalue weighted by atomic mass is 79.9. The second-order valence-corrected chi connectivity index (χ2v) is 2.72. The van der Waals surface area contributed by atoms with E-state index in [0.29, 0.717) is 11.0 Å². The predicted molar refractivity (Wildman–Crippen MR) is 42.9 cm³/mol. The molecule has 1 rings (SSSR count). The molecular formula is C7H7BrFNO. The molecule has 0 aliphatic heterocycles. The van der Waals surface area contributed by atoms with Crippen LogP contribution in [-0.2, 0) is 0 Å². The van der Waals surface area contributed by atoms with Gasteiger partial charge in [-0.15, -0.1) is 0 Å². The predicted octanol–water partition coefficient (Wildman–Crippen LogP) is 1.65. The van der Waals surface area contributed by atoms with Gasteiger partial charge in [-0.2, -0.15) is 0 Å². The first-order chi connectivity index (χ1) is 5.24. The summed E-state index contributed by atoms with van der Waals surface area (Å²) in [6.45, 7) is 0. The van der Waals surface area contributed by atoms with Gasteiger partial charge in [-0.05, 0) is 12.1 Å². The molecule has 0 aliphatic rings. The molecule has 0 aliphatic carbocycles. The average molecular weight is 220 g/mol. The highest BCUT2D eigenvalue weighted by Gasteiger charge is 2.06. The smallest absolute Gasteiger partial charge is 0.126 e. The highest BCUT2D eigenvalue weighted by molar-refractivity contribution is 9.09. The van der Waals surface area contributed by atoms with E-state index < -0.39 is 6.10 Å². The van der Waals surface area contributed by atoms with Gasteiger partial charge in [-0.3, -0.25) is 4.98 Å². The molecule has 0 radical (unpaired) electrons. The standard InChI is InChI=1S/C7H7BrFNO/c8-4-7(11)6-3-5(9)1-2-10-6/h1-3,7,11H,4H2. The van der Waals surface area contributed by atoms with Crippen molar-refractivity contribution in [2.75, 3.05) is 5.33 Å². The molecule has 1 unspecified atom stereocenters. The summed E-state index contributed by atoms with van der Waals surface area (Å²) in [7, 11) is 0. The minimum absolute atomic E-state index is 0.349. The van der Waals surface area contributed by atoms with Crippen LogP contribution in [-0.4, -0.2) is 15.4 Å². The SMILES string of the molecule is OC(CBr)c1cc(F)ccn1. The van der Waals surface area contributed by atoms with Gasteiger partial charge in [0, 0.05) is 11.5 Å². The number of aromatic nitrogens is 1. The minimum Gasteiger partial charge on any atom is -0.386 e. The quantitative estimate of drug-likeness (QED) is 0.768. The molecule has 11 heavy (non-hydrogen) atoms. The molecule has 1 heterocycles. The van der Waals surface area contributed by atoms with Crippen LogP contribution < -0.4 is 0 Å². The first-order valence-corrected chi connectivity index (χ1v) is 4.21. The van der Waals surface area contributed by atoms with Crippen molar-refractivity contribution in [3.05, 3.63) is 29.8 Å². The Morgan fingerprint density at radius 2 is 2.45 bits per heavy atom. The molecule has 4 heteroatoms. The zero-order chi connectivity index (χ0) is 8.27. The normalized spacial score (nSPS) is 13.0. The second-order valence-electron chi connectivity index (χ2n) is 2.07. The summed E-state index contributed by atoms with van der Waals surface area (Å²) in [5, 5.41) is 9.54. The maximum Gasteiger partial charge on any atom is 0.126 e. The van der Waals surface area contributed by atoms with Crippen LogP contribution in [0.4, 0.5) is 4.39 Å². The molecule has 0 spiro atoms. The topological polar surface area (TPSA) is 33.1 Å². The van der Waals surface area contributed by atoms with E-state index >= 15 is 0 Å². The summed E-state index contributed by atoms with van der Waals surface area (Å²) in [5.74, 6) is -0.380. The fraction of sp³-hybridized carbons (Fsp3) is 0.286. The zero-order valence-corrected chi connectivity index (χ0v) is 7.25. The molecule has 0 saturated heterocycles. The van der Waals surface area contributed by atoms with E-state index in [1.807, 2.05) is 0 Å². The van der Waals surface area contributed by atoms with Crippen LogP contribution >= 0.6 is 15.9 Å². The number of alkyl halides is 1. The lowest BCUT2D eigenvalue weighted by atomic mass is 10.2. The third kappa shape index (κ3) is 2.24. The van der Waals surface area contributed by atoms with Gasteiger partial charge in [0.2, 0.25) is 0 Å². The van der Waals surface area contributed by atoms with Crippen molar-refractivity contribution >= 4 is 15.9 Å². The lowest BCUT2D eigenvalue weighted by molar-refractivity contribution is 0.200. The van der Waals surface area contributed by atoms with Crippen molar-refractivity contribution in [1.82, 2.24) is 4.98 Å². The number of hydrogen-bond donors (Lipinski definition) is 1. The monoisotopic (exact) mass is 219 g/mol. The van der Waals surface area contributed by atoms with E-state index in [2.05, 4.69) is 20.9 Å². The molecule has 1 N–H and O–H groups in total. The summed E-state index contributed by atoms with van der Waals surface area (Å²) >= 11 is 3.06. The summed E-state index contributed by atoms with van der Waals surface area (Å²) in [4.78, 5) is 3.79. The molecule has 0 fully saturated rings. The lowest BCUT2D eigenvalue weighted by Gasteiger charge is -2.04. The number of hydrogen-bond acceptors (Lipinski definition) is 2. The van der Waals surface area contributed by atoms with Crippen molar-refractivity contribution in [2.24, 2.45) is 0 Å². The van der Waals surface area contributed by atoms with Crippen molar-refractivity contribution in [3.8, 4) is 0 Å². The molecule has 0 amide bonds. The number of aliphatic hydroxyl groups excluding tert-OH is 1. The Kier molecular flexibility index (Phi) is 2.96. The van der Waals surface area contributed by atoms with Crippen LogP contribution in [0.5, 0.6) is 0 Å². The first-order valence-electron chi connectivity index (χ1n) is 3.09. The fourth-order valence-electron chi connectivity index (χ4n) is 0.682. The fourth-order valence-corrected chi connectivity index (χ4v) is 1.01. The van der Waals surface area contributed by atoms with Gasteiger partial charge in [-0.1, -0.05) is 15.9 Å². The van der Waals surface area contributed by atoms with Crippen LogP contribution in [0.25, 0.3) is 0 Å². The van der Waals surface area contributed by atoms with Gasteiger partial charge in [0.05, 0.1) is 5.69 Å². The van der Waals surface area contributed by atoms with Gasteiger partial charge in [0.15, 0.2) is 0 Å². The van der Waals surface area contributed by atoms with Gasteiger partial charge >= 0.3 is 0 Å². The molecular weight excluding hydrogens is 213 g/mol. The first kappa shape index (κ1) is 8.62. The largest absolute Gasteiger partial charge is 0.386 e. The summed E-state index contributed by atoms with van der Waals surface area (Å²) in [5.41, 5.74) is 0.349. The van der Waals surface area contributed by atoms with E-state index in [-0.39, 0.29) is 5.82 Å². The van der Waals surface area contributed by atoms with Gasteiger partial charge in [0.1, 0.15) is 11.9 Å². The van der Waals surface area contributed by atoms with Crippen molar-refractivity contribution in [3.63, 3.8) is 0 Å². The number of rotatable bonds is 2. The van der Waals surface area contributed by atoms with Crippen molar-refractivity contribution < 1.29 is 9.50 Å². The molecule has 0 aromatic carbocycles. The van der Waals surface area contributed by atoms with Crippen molar-refractivity contribution in [1.29, 1.82) is 0 Å². The summed E-state index contributed by atoms with van der Waals surface area (Å²) in [6, 6.07) is 2.45. The maximum atomic E-state index is 12.5. The van der Waals surface area contributed by atoms with Gasteiger partial charge in [-0.25, -0.2) is 4.39 Å². The van der Waals surface area contributed by atoms with E-state index in [4.69, 9.17) is 0 Å². The number of nitrogens with zero attached hydrogens (tertiary/aromatic N) is 1. The van der Waals surface area contributed by atoms with Crippen LogP contribution in [0, 0.1) is 5.82 Å². The molecule has 60 valence electrons. The van der Waals surface area contributed by atoms with Crippen LogP contribution in [0.1, 0.15) is 11.8 Å². The van der Waals surface area contributed by atoms with Crippen LogP contribution in [0.15, 0.2) is 18.3 Å². The maximum absolute atomic E-state index is 12.5. The molecule has 0 saturated carbocycles. The Bertz CT molecular complexity index is 244. The van der Waals surface area contributed by atoms with Crippen LogP contribution in [0.2, 0.25) is 0 Å². The van der Waals surface area contributed by atoms with E-state index in [9.17, 15) is 9.50 Å². The van der Waals surface area contributed by atoms with Crippen LogP contribution in [0.3, 0.4) is 0 Å². The summed E-state index contributed by atoms with van der Waals surface area (Å²) in [6.07, 6.45) is 0.599. The van der Waals surface area contributed by atoms with E-state index in [0.717, 1.165) is 0 Å². The molecule has 1 aromatic heterocycles. The second kappa shape index (κ2) is 3.78. The Morgan fingerprint density at radius 1 is 1.73 bits per heavy atom. The average Bonchev–Trinajstić information content (AvgIpc) is 2.03. The third-order valence-electron chi connectivity index (χ3n) is 1.23. The number of aliphatic hydroxyl groups is 1. The molecule has 2 nitrogen and oxygen atoms in total. The minimum atomic E-state index is -0.731. The molecule has 1 atom stereocenters. The zero-order valence-electron chi connectivity index (χ0n) is 5.67. The Balaban J connectivity index is 2.86. The number of halogens is 2. The highest BCUT2D eigenvalue weighted by Crippen LogP contribution is 2.12. The molecule has 1 aromatic rings. The Morgan fingerprint density at radius 3 is 3.00 bits per heavy atom. The summed E-state index contributed by atoms with van der Waals surface area (Å²) < 4.78 is 12.5. The van der Waals surface area contributed by atoms with Crippen molar-refractivity contribution in [2.45, 2.75) is 6.10 Å². The Hall–Kier alpha value is -0.480. The van der Waals surface area contributed by atoms with E-state index in [1.165, 1.54) is 18.3 Å². The number of pyridine rings is 1. The van der Waals surface area contributed by atoms with Gasteiger partial charge < -0.3 is 5.11 Å². The Labute approximate surface area is 72.2 Å². The molecule has 0 bridgehead atoms.